The number of likely N-dealkylation sites (N-methyl/N-ethyl adjacent to an activating group) is 1. The highest BCUT2D eigenvalue weighted by molar-refractivity contribution is 5.94. The van der Waals surface area contributed by atoms with Gasteiger partial charge in [0.25, 0.3) is 5.91 Å². The highest BCUT2D eigenvalue weighted by Gasteiger charge is 2.43. The van der Waals surface area contributed by atoms with Crippen molar-refractivity contribution in [2.24, 2.45) is 0 Å². The van der Waals surface area contributed by atoms with Crippen molar-refractivity contribution in [2.75, 3.05) is 7.05 Å². The average molecular weight is 472 g/mol. The van der Waals surface area contributed by atoms with E-state index >= 15 is 0 Å². The molecule has 3 rings (SSSR count). The molecular weight excluding hydrogens is 454 g/mol. The van der Waals surface area contributed by atoms with Crippen LogP contribution in [0.25, 0.3) is 0 Å². The number of hydrogen-bond donors (Lipinski definition) is 1. The highest BCUT2D eigenvalue weighted by Crippen LogP contribution is 2.34. The number of halogens is 6. The zero-order chi connectivity index (χ0) is 24.6. The molecule has 0 aliphatic heterocycles. The van der Waals surface area contributed by atoms with E-state index in [1.54, 1.807) is 0 Å². The Morgan fingerprint density at radius 3 is 2.36 bits per heavy atom. The molecule has 1 heterocycles. The van der Waals surface area contributed by atoms with Crippen molar-refractivity contribution >= 4 is 5.91 Å². The molecule has 2 aromatic carbocycles. The van der Waals surface area contributed by atoms with E-state index < -0.39 is 58.8 Å². The van der Waals surface area contributed by atoms with Crippen molar-refractivity contribution in [3.63, 3.8) is 0 Å². The van der Waals surface area contributed by atoms with Crippen molar-refractivity contribution in [1.82, 2.24) is 19.7 Å². The molecule has 12 heteroatoms. The minimum Gasteiger partial charge on any atom is -0.381 e. The van der Waals surface area contributed by atoms with E-state index in [1.807, 2.05) is 0 Å². The fourth-order valence-electron chi connectivity index (χ4n) is 3.40. The van der Waals surface area contributed by atoms with Crippen LogP contribution in [0.4, 0.5) is 26.3 Å². The van der Waals surface area contributed by atoms with Gasteiger partial charge in [0.2, 0.25) is 0 Å². The maximum atomic E-state index is 14.6. The topological polar surface area (TPSA) is 71.2 Å². The zero-order valence-corrected chi connectivity index (χ0v) is 17.3. The number of nitrogens with zero attached hydrogens (tertiary/aromatic N) is 4. The van der Waals surface area contributed by atoms with E-state index in [2.05, 4.69) is 10.1 Å². The predicted molar refractivity (Wildman–Crippen MR) is 103 cm³/mol. The predicted octanol–water partition coefficient (Wildman–Crippen LogP) is 3.76. The number of benzene rings is 2. The molecule has 2 atom stereocenters. The number of amides is 1. The summed E-state index contributed by atoms with van der Waals surface area (Å²) in [5.74, 6) is -4.48. The van der Waals surface area contributed by atoms with Gasteiger partial charge in [-0.25, -0.2) is 22.8 Å². The number of carbonyl (C=O) groups is 1. The van der Waals surface area contributed by atoms with Gasteiger partial charge in [-0.2, -0.15) is 18.3 Å². The standard InChI is InChI=1S/C21H18F6N4O2/c1-12(30(2)19(32)15-5-3-13(7-17(15)23)21(25,26)27)20(33,9-31-11-28-10-29-31)16-6-4-14(22)8-18(16)24/h3-8,10-12,33H,9H2,1-2H3. The molecule has 0 aliphatic carbocycles. The molecule has 33 heavy (non-hydrogen) atoms. The minimum atomic E-state index is -4.81. The van der Waals surface area contributed by atoms with Crippen LogP contribution >= 0.6 is 0 Å². The van der Waals surface area contributed by atoms with E-state index in [-0.39, 0.29) is 11.6 Å². The second-order valence-electron chi connectivity index (χ2n) is 7.43. The number of rotatable bonds is 6. The molecule has 0 bridgehead atoms. The Bertz CT molecular complexity index is 1150. The van der Waals surface area contributed by atoms with E-state index in [0.717, 1.165) is 35.1 Å². The first kappa shape index (κ1) is 24.2. The first-order valence-corrected chi connectivity index (χ1v) is 9.49. The Balaban J connectivity index is 2.00. The van der Waals surface area contributed by atoms with Crippen LogP contribution < -0.4 is 0 Å². The number of aliphatic hydroxyl groups is 1. The SMILES string of the molecule is CC(N(C)C(=O)c1ccc(C(F)(F)F)cc1F)C(O)(Cn1cncn1)c1ccc(F)cc1F. The maximum Gasteiger partial charge on any atom is 0.416 e. The summed E-state index contributed by atoms with van der Waals surface area (Å²) in [6.45, 7) is 0.892. The summed E-state index contributed by atoms with van der Waals surface area (Å²) in [5.41, 5.74) is -4.54. The van der Waals surface area contributed by atoms with Crippen LogP contribution in [-0.2, 0) is 18.3 Å². The minimum absolute atomic E-state index is 0.187. The number of carbonyl (C=O) groups excluding carboxylic acids is 1. The van der Waals surface area contributed by atoms with Gasteiger partial charge < -0.3 is 10.0 Å². The second kappa shape index (κ2) is 8.85. The molecule has 176 valence electrons. The summed E-state index contributed by atoms with van der Waals surface area (Å²) in [6, 6.07) is 2.59. The van der Waals surface area contributed by atoms with Crippen LogP contribution in [0.1, 0.15) is 28.4 Å². The molecule has 1 N–H and O–H groups in total. The first-order valence-electron chi connectivity index (χ1n) is 9.49. The van der Waals surface area contributed by atoms with Crippen LogP contribution in [-0.4, -0.2) is 43.8 Å². The molecular formula is C21H18F6N4O2. The molecule has 6 nitrogen and oxygen atoms in total. The monoisotopic (exact) mass is 472 g/mol. The van der Waals surface area contributed by atoms with Crippen LogP contribution in [0.2, 0.25) is 0 Å². The van der Waals surface area contributed by atoms with Gasteiger partial charge in [-0.05, 0) is 31.2 Å². The van der Waals surface area contributed by atoms with E-state index in [9.17, 15) is 36.2 Å². The van der Waals surface area contributed by atoms with Crippen molar-refractivity contribution < 1.29 is 36.2 Å². The van der Waals surface area contributed by atoms with Crippen molar-refractivity contribution in [2.45, 2.75) is 31.3 Å². The highest BCUT2D eigenvalue weighted by atomic mass is 19.4. The third-order valence-electron chi connectivity index (χ3n) is 5.39. The van der Waals surface area contributed by atoms with Gasteiger partial charge >= 0.3 is 6.18 Å². The number of aromatic nitrogens is 3. The summed E-state index contributed by atoms with van der Waals surface area (Å²) >= 11 is 0. The third-order valence-corrected chi connectivity index (χ3v) is 5.39. The third kappa shape index (κ3) is 4.85. The lowest BCUT2D eigenvalue weighted by Gasteiger charge is -2.39. The van der Waals surface area contributed by atoms with Gasteiger partial charge in [-0.3, -0.25) is 4.79 Å². The maximum absolute atomic E-state index is 14.6. The molecule has 0 aliphatic rings. The quantitative estimate of drug-likeness (QED) is 0.555. The molecule has 2 unspecified atom stereocenters. The van der Waals surface area contributed by atoms with E-state index in [1.165, 1.54) is 13.3 Å². The Kier molecular flexibility index (Phi) is 6.50. The lowest BCUT2D eigenvalue weighted by atomic mass is 9.85. The van der Waals surface area contributed by atoms with Gasteiger partial charge in [-0.1, -0.05) is 6.07 Å². The smallest absolute Gasteiger partial charge is 0.381 e. The summed E-state index contributed by atoms with van der Waals surface area (Å²) in [4.78, 5) is 17.5. The van der Waals surface area contributed by atoms with E-state index in [0.29, 0.717) is 18.2 Å². The zero-order valence-electron chi connectivity index (χ0n) is 17.3. The lowest BCUT2D eigenvalue weighted by molar-refractivity contribution is -0.137. The molecule has 0 fully saturated rings. The van der Waals surface area contributed by atoms with E-state index in [4.69, 9.17) is 0 Å². The summed E-state index contributed by atoms with van der Waals surface area (Å²) < 4.78 is 82.0. The molecule has 0 saturated heterocycles. The summed E-state index contributed by atoms with van der Waals surface area (Å²) in [5, 5.41) is 15.3. The van der Waals surface area contributed by atoms with Gasteiger partial charge in [0, 0.05) is 18.7 Å². The van der Waals surface area contributed by atoms with Crippen LogP contribution in [0, 0.1) is 17.5 Å². The molecule has 0 saturated carbocycles. The summed E-state index contributed by atoms with van der Waals surface area (Å²) in [6.07, 6.45) is -2.44. The van der Waals surface area contributed by atoms with Gasteiger partial charge in [-0.15, -0.1) is 0 Å². The van der Waals surface area contributed by atoms with Crippen LogP contribution in [0.15, 0.2) is 49.1 Å². The van der Waals surface area contributed by atoms with Gasteiger partial charge in [0.15, 0.2) is 0 Å². The molecule has 1 aromatic heterocycles. The Morgan fingerprint density at radius 2 is 1.82 bits per heavy atom. The van der Waals surface area contributed by atoms with Crippen LogP contribution in [0.3, 0.4) is 0 Å². The normalized spacial score (nSPS) is 14.6. The molecule has 1 amide bonds. The van der Waals surface area contributed by atoms with Crippen molar-refractivity contribution in [3.8, 4) is 0 Å². The number of hydrogen-bond acceptors (Lipinski definition) is 4. The van der Waals surface area contributed by atoms with Gasteiger partial charge in [0.1, 0.15) is 35.7 Å². The summed E-state index contributed by atoms with van der Waals surface area (Å²) in [7, 11) is 1.16. The van der Waals surface area contributed by atoms with Crippen LogP contribution in [0.5, 0.6) is 0 Å². The second-order valence-corrected chi connectivity index (χ2v) is 7.43. The number of alkyl halides is 3. The van der Waals surface area contributed by atoms with Crippen molar-refractivity contribution in [3.05, 3.63) is 83.2 Å². The Morgan fingerprint density at radius 1 is 1.12 bits per heavy atom. The first-order chi connectivity index (χ1) is 15.3. The van der Waals surface area contributed by atoms with Crippen molar-refractivity contribution in [1.29, 1.82) is 0 Å². The Hall–Kier alpha value is -3.41. The fraction of sp³-hybridized carbons (Fsp3) is 0.286. The Labute approximate surface area is 184 Å². The molecule has 3 aromatic rings. The molecule has 0 radical (unpaired) electrons. The lowest BCUT2D eigenvalue weighted by Crippen LogP contribution is -2.52. The van der Waals surface area contributed by atoms with Gasteiger partial charge in [0.05, 0.1) is 23.7 Å². The fourth-order valence-corrected chi connectivity index (χ4v) is 3.40. The average Bonchev–Trinajstić information content (AvgIpc) is 3.24. The largest absolute Gasteiger partial charge is 0.416 e. The molecule has 0 spiro atoms.